The number of thiazole rings is 1. The number of nitrogens with one attached hydrogen (secondary N) is 1. The smallest absolute Gasteiger partial charge is 0.357 e. The predicted octanol–water partition coefficient (Wildman–Crippen LogP) is 1.41. The number of benzene rings is 2. The van der Waals surface area contributed by atoms with Crippen LogP contribution in [-0.2, 0) is 16.7 Å². The summed E-state index contributed by atoms with van der Waals surface area (Å²) in [6.45, 7) is 0. The fraction of sp³-hybridized carbons (Fsp3) is 0.0952. The number of hydrogen-bond acceptors (Lipinski definition) is 5. The number of nitrogens with two attached hydrogens (primary N) is 1. The third-order valence-corrected chi connectivity index (χ3v) is 6.93. The maximum Gasteiger partial charge on any atom is 0.357 e. The van der Waals surface area contributed by atoms with Crippen molar-refractivity contribution in [1.82, 2.24) is 4.98 Å². The van der Waals surface area contributed by atoms with E-state index in [1.807, 2.05) is 39.0 Å². The highest BCUT2D eigenvalue weighted by Gasteiger charge is 2.21. The van der Waals surface area contributed by atoms with E-state index in [9.17, 15) is 12.8 Å². The monoisotopic (exact) mass is 511 g/mol. The lowest BCUT2D eigenvalue weighted by Gasteiger charge is -2.14. The van der Waals surface area contributed by atoms with Gasteiger partial charge < -0.3 is 17.7 Å². The zero-order chi connectivity index (χ0) is 21.8. The molecule has 168 valence electrons. The second kappa shape index (κ2) is 10.5. The van der Waals surface area contributed by atoms with Gasteiger partial charge in [-0.2, -0.15) is 8.42 Å². The molecule has 2 aromatic heterocycles. The molecule has 0 fully saturated rings. The largest absolute Gasteiger partial charge is 1.00 e. The highest BCUT2D eigenvalue weighted by Crippen LogP contribution is 2.30. The third kappa shape index (κ3) is 6.58. The van der Waals surface area contributed by atoms with Gasteiger partial charge in [0.25, 0.3) is 0 Å². The number of aromatic nitrogens is 1. The molecule has 1 unspecified atom stereocenters. The predicted molar refractivity (Wildman–Crippen MR) is 121 cm³/mol. The molecule has 32 heavy (non-hydrogen) atoms. The summed E-state index contributed by atoms with van der Waals surface area (Å²) in [4.78, 5) is 5.91. The first-order valence-corrected chi connectivity index (χ1v) is 12.5. The Balaban J connectivity index is 0.00000289. The van der Waals surface area contributed by atoms with Gasteiger partial charge in [0.05, 0.1) is 10.6 Å². The number of thiophene rings is 1. The molecule has 4 aromatic rings. The van der Waals surface area contributed by atoms with Gasteiger partial charge in [0.1, 0.15) is 28.2 Å². The fourth-order valence-electron chi connectivity index (χ4n) is 3.17. The van der Waals surface area contributed by atoms with Gasteiger partial charge in [0.2, 0.25) is 0 Å². The first-order valence-electron chi connectivity index (χ1n) is 9.30. The lowest BCUT2D eigenvalue weighted by molar-refractivity contribution is -0.618. The molecule has 0 saturated heterocycles. The van der Waals surface area contributed by atoms with Crippen LogP contribution in [0.15, 0.2) is 71.4 Å². The van der Waals surface area contributed by atoms with Crippen LogP contribution in [-0.4, -0.2) is 18.0 Å². The van der Waals surface area contributed by atoms with Crippen molar-refractivity contribution in [2.75, 3.05) is 4.72 Å². The van der Waals surface area contributed by atoms with Crippen molar-refractivity contribution in [2.24, 2.45) is 0 Å². The van der Waals surface area contributed by atoms with Gasteiger partial charge >= 0.3 is 10.3 Å². The maximum atomic E-state index is 13.7. The van der Waals surface area contributed by atoms with E-state index in [-0.39, 0.29) is 30.0 Å². The molecule has 2 heterocycles. The van der Waals surface area contributed by atoms with Crippen LogP contribution in [0.1, 0.15) is 17.3 Å². The summed E-state index contributed by atoms with van der Waals surface area (Å²) in [6, 6.07) is 17.1. The Kier molecular flexibility index (Phi) is 7.99. The molecule has 0 amide bonds. The quantitative estimate of drug-likeness (QED) is 0.246. The van der Waals surface area contributed by atoms with Crippen LogP contribution in [0.3, 0.4) is 0 Å². The second-order valence-corrected chi connectivity index (χ2v) is 9.82. The second-order valence-electron chi connectivity index (χ2n) is 6.86. The fourth-order valence-corrected chi connectivity index (χ4v) is 5.31. The molecule has 1 atom stereocenters. The Morgan fingerprint density at radius 3 is 2.53 bits per heavy atom. The van der Waals surface area contributed by atoms with Crippen LogP contribution in [0.4, 0.5) is 15.8 Å². The molecule has 0 saturated carbocycles. The number of anilines is 1. The Labute approximate surface area is 199 Å². The normalized spacial score (nSPS) is 12.2. The first-order chi connectivity index (χ1) is 14.9. The zero-order valence-electron chi connectivity index (χ0n) is 16.5. The van der Waals surface area contributed by atoms with Gasteiger partial charge in [-0.3, -0.25) is 9.27 Å². The summed E-state index contributed by atoms with van der Waals surface area (Å²) in [6.07, 6.45) is 0.594. The molecule has 0 bridgehead atoms. The van der Waals surface area contributed by atoms with E-state index in [0.29, 0.717) is 6.42 Å². The number of rotatable bonds is 8. The maximum absolute atomic E-state index is 13.7. The average molecular weight is 512 g/mol. The van der Waals surface area contributed by atoms with E-state index < -0.39 is 10.3 Å². The van der Waals surface area contributed by atoms with Crippen molar-refractivity contribution >= 4 is 44.4 Å². The molecule has 4 N–H and O–H groups in total. The van der Waals surface area contributed by atoms with E-state index in [1.165, 1.54) is 12.1 Å². The van der Waals surface area contributed by atoms with E-state index in [1.54, 1.807) is 53.0 Å². The lowest BCUT2D eigenvalue weighted by Crippen LogP contribution is -3.00. The van der Waals surface area contributed by atoms with Crippen molar-refractivity contribution in [3.8, 4) is 9.88 Å². The summed E-state index contributed by atoms with van der Waals surface area (Å²) in [5, 5.41) is 6.95. The lowest BCUT2D eigenvalue weighted by atomic mass is 10.0. The van der Waals surface area contributed by atoms with Gasteiger partial charge in [-0.25, -0.2) is 9.37 Å². The molecule has 0 radical (unpaired) electrons. The van der Waals surface area contributed by atoms with E-state index in [4.69, 9.17) is 9.54 Å². The number of hydrogen-bond donors (Lipinski definition) is 3. The van der Waals surface area contributed by atoms with Crippen LogP contribution < -0.4 is 22.4 Å². The zero-order valence-corrected chi connectivity index (χ0v) is 19.7. The van der Waals surface area contributed by atoms with Crippen molar-refractivity contribution < 1.29 is 35.1 Å². The molecule has 6 nitrogen and oxygen atoms in total. The molecule has 0 spiro atoms. The molecular formula is C21H19ClFN3O3S3. The molecule has 4 rings (SSSR count). The van der Waals surface area contributed by atoms with Crippen molar-refractivity contribution in [1.29, 1.82) is 0 Å². The average Bonchev–Trinajstić information content (AvgIpc) is 3.40. The van der Waals surface area contributed by atoms with E-state index in [2.05, 4.69) is 0 Å². The van der Waals surface area contributed by atoms with Gasteiger partial charge in [-0.1, -0.05) is 24.3 Å². The summed E-state index contributed by atoms with van der Waals surface area (Å²) < 4.78 is 46.6. The van der Waals surface area contributed by atoms with Gasteiger partial charge in [-0.15, -0.1) is 22.7 Å². The first kappa shape index (κ1) is 24.3. The molecule has 0 aliphatic rings. The Bertz CT molecular complexity index is 1260. The standard InChI is InChI=1S/C21H18FN3O3S3.ClH/c22-15-3-1-4-17(12-15)23-18(19-13-30-21(24-19)20-5-2-10-29-20)11-14-6-8-16(9-7-14)25-31(26,27)28;/h1-10,12-13,18,23,25H,11H2,(H,26,27,28);1H. The Morgan fingerprint density at radius 2 is 1.88 bits per heavy atom. The highest BCUT2D eigenvalue weighted by atomic mass is 35.5. The van der Waals surface area contributed by atoms with Crippen LogP contribution in [0, 0.1) is 5.82 Å². The van der Waals surface area contributed by atoms with Crippen molar-refractivity contribution in [3.63, 3.8) is 0 Å². The molecular weight excluding hydrogens is 493 g/mol. The SMILES string of the molecule is O=S(=O)(O)Nc1ccc(CC([NH2+]c2cccc(F)c2)c2csc(-c3cccs3)n2)cc1.[Cl-]. The molecule has 0 aliphatic heterocycles. The van der Waals surface area contributed by atoms with Crippen LogP contribution >= 0.6 is 22.7 Å². The third-order valence-electron chi connectivity index (χ3n) is 4.53. The van der Waals surface area contributed by atoms with Crippen LogP contribution in [0.25, 0.3) is 9.88 Å². The molecule has 0 aliphatic carbocycles. The van der Waals surface area contributed by atoms with Gasteiger partial charge in [0.15, 0.2) is 0 Å². The number of halogens is 2. The van der Waals surface area contributed by atoms with Crippen molar-refractivity contribution in [3.05, 3.63) is 88.5 Å². The Morgan fingerprint density at radius 1 is 1.09 bits per heavy atom. The minimum absolute atomic E-state index is 0. The summed E-state index contributed by atoms with van der Waals surface area (Å²) in [7, 11) is -4.32. The molecule has 11 heteroatoms. The van der Waals surface area contributed by atoms with Gasteiger partial charge in [0, 0.05) is 17.9 Å². The summed E-state index contributed by atoms with van der Waals surface area (Å²) in [5.74, 6) is -0.300. The Hall–Kier alpha value is -2.34. The minimum Gasteiger partial charge on any atom is -1.00 e. The summed E-state index contributed by atoms with van der Waals surface area (Å²) >= 11 is 3.20. The van der Waals surface area contributed by atoms with Crippen LogP contribution in [0.5, 0.6) is 0 Å². The van der Waals surface area contributed by atoms with Crippen LogP contribution in [0.2, 0.25) is 0 Å². The minimum atomic E-state index is -4.32. The van der Waals surface area contributed by atoms with E-state index >= 15 is 0 Å². The van der Waals surface area contributed by atoms with Crippen molar-refractivity contribution in [2.45, 2.75) is 12.5 Å². The van der Waals surface area contributed by atoms with E-state index in [0.717, 1.165) is 26.8 Å². The highest BCUT2D eigenvalue weighted by molar-refractivity contribution is 7.87. The topological polar surface area (TPSA) is 95.9 Å². The number of nitrogens with zero attached hydrogens (tertiary/aromatic N) is 1. The summed E-state index contributed by atoms with van der Waals surface area (Å²) in [5.41, 5.74) is 2.87. The molecule has 2 aromatic carbocycles. The van der Waals surface area contributed by atoms with Gasteiger partial charge in [-0.05, 0) is 41.3 Å². The number of quaternary nitrogens is 1.